The van der Waals surface area contributed by atoms with Gasteiger partial charge in [0.25, 0.3) is 0 Å². The number of benzene rings is 3. The Morgan fingerprint density at radius 3 is 1.79 bits per heavy atom. The first kappa shape index (κ1) is 19.0. The minimum absolute atomic E-state index is 0.589. The normalized spacial score (nSPS) is 14.8. The first-order chi connectivity index (χ1) is 14.3. The van der Waals surface area contributed by atoms with Gasteiger partial charge in [-0.1, -0.05) is 54.6 Å². The summed E-state index contributed by atoms with van der Waals surface area (Å²) in [6.07, 6.45) is 2.22. The Bertz CT molecular complexity index is 964. The van der Waals surface area contributed by atoms with Gasteiger partial charge in [0.2, 0.25) is 0 Å². The second kappa shape index (κ2) is 8.80. The first-order valence-electron chi connectivity index (χ1n) is 9.64. The van der Waals surface area contributed by atoms with Gasteiger partial charge < -0.3 is 14.2 Å². The van der Waals surface area contributed by atoms with E-state index in [-0.39, 0.29) is 0 Å². The summed E-state index contributed by atoms with van der Waals surface area (Å²) in [6.45, 7) is 1.20. The van der Waals surface area contributed by atoms with Crippen LogP contribution in [0.25, 0.3) is 11.6 Å². The van der Waals surface area contributed by atoms with Crippen LogP contribution in [-0.2, 0) is 4.74 Å². The zero-order valence-electron chi connectivity index (χ0n) is 16.7. The Morgan fingerprint density at radius 1 is 0.724 bits per heavy atom. The molecule has 0 N–H and O–H groups in total. The van der Waals surface area contributed by atoms with Crippen LogP contribution in [0.1, 0.15) is 16.7 Å². The van der Waals surface area contributed by atoms with Crippen LogP contribution in [-0.4, -0.2) is 27.4 Å². The summed E-state index contributed by atoms with van der Waals surface area (Å²) < 4.78 is 16.6. The summed E-state index contributed by atoms with van der Waals surface area (Å²) in [5.41, 5.74) is 7.04. The van der Waals surface area contributed by atoms with Crippen molar-refractivity contribution in [3.05, 3.63) is 107 Å². The molecule has 0 aliphatic carbocycles. The summed E-state index contributed by atoms with van der Waals surface area (Å²) in [6, 6.07) is 26.8. The molecule has 0 bridgehead atoms. The summed E-state index contributed by atoms with van der Waals surface area (Å²) in [5, 5.41) is 0. The van der Waals surface area contributed by atoms with E-state index in [1.165, 1.54) is 22.3 Å². The van der Waals surface area contributed by atoms with E-state index < -0.39 is 0 Å². The van der Waals surface area contributed by atoms with Crippen molar-refractivity contribution >= 4 is 11.6 Å². The Labute approximate surface area is 171 Å². The number of methoxy groups -OCH3 is 2. The Kier molecular flexibility index (Phi) is 5.78. The zero-order valence-corrected chi connectivity index (χ0v) is 16.7. The molecular weight excluding hydrogens is 360 g/mol. The highest BCUT2D eigenvalue weighted by molar-refractivity contribution is 5.87. The highest BCUT2D eigenvalue weighted by atomic mass is 16.5. The standard InChI is InChI=1S/C26H24O3/c1-27-23-12-8-20(9-13-23)26(21-10-14-24(28-2)15-11-21)25-18-29-17-22(25)16-19-6-4-3-5-7-19/h3-16H,17-18H2,1-2H3/b22-16-. The molecule has 3 aromatic rings. The molecule has 0 radical (unpaired) electrons. The molecule has 0 unspecified atom stereocenters. The van der Waals surface area contributed by atoms with Crippen molar-refractivity contribution in [1.82, 2.24) is 0 Å². The van der Waals surface area contributed by atoms with Gasteiger partial charge in [-0.05, 0) is 63.8 Å². The highest BCUT2D eigenvalue weighted by Crippen LogP contribution is 2.35. The van der Waals surface area contributed by atoms with E-state index in [4.69, 9.17) is 14.2 Å². The maximum Gasteiger partial charge on any atom is 0.118 e. The van der Waals surface area contributed by atoms with Crippen LogP contribution in [0, 0.1) is 0 Å². The summed E-state index contributed by atoms with van der Waals surface area (Å²) in [5.74, 6) is 1.69. The number of ether oxygens (including phenoxy) is 3. The van der Waals surface area contributed by atoms with Crippen LogP contribution < -0.4 is 9.47 Å². The fourth-order valence-electron chi connectivity index (χ4n) is 3.59. The van der Waals surface area contributed by atoms with Crippen molar-refractivity contribution in [2.45, 2.75) is 0 Å². The second-order valence-corrected chi connectivity index (χ2v) is 6.88. The van der Waals surface area contributed by atoms with Gasteiger partial charge in [0.1, 0.15) is 11.5 Å². The van der Waals surface area contributed by atoms with Crippen molar-refractivity contribution in [2.75, 3.05) is 27.4 Å². The van der Waals surface area contributed by atoms with E-state index in [1.807, 2.05) is 30.3 Å². The van der Waals surface area contributed by atoms with E-state index in [2.05, 4.69) is 54.6 Å². The fraction of sp³-hybridized carbons (Fsp3) is 0.154. The van der Waals surface area contributed by atoms with Gasteiger partial charge in [-0.15, -0.1) is 0 Å². The molecule has 3 heteroatoms. The predicted octanol–water partition coefficient (Wildman–Crippen LogP) is 5.62. The lowest BCUT2D eigenvalue weighted by molar-refractivity contribution is 0.215. The molecule has 0 spiro atoms. The van der Waals surface area contributed by atoms with Gasteiger partial charge in [-0.2, -0.15) is 0 Å². The molecule has 1 aliphatic heterocycles. The molecule has 1 saturated heterocycles. The summed E-state index contributed by atoms with van der Waals surface area (Å²) >= 11 is 0. The largest absolute Gasteiger partial charge is 0.497 e. The smallest absolute Gasteiger partial charge is 0.118 e. The average Bonchev–Trinajstić information content (AvgIpc) is 3.23. The lowest BCUT2D eigenvalue weighted by Crippen LogP contribution is -1.98. The SMILES string of the molecule is COc1ccc(C(=C2COC/C2=C/c2ccccc2)c2ccc(OC)cc2)cc1. The molecule has 29 heavy (non-hydrogen) atoms. The van der Waals surface area contributed by atoms with Crippen LogP contribution in [0.3, 0.4) is 0 Å². The lowest BCUT2D eigenvalue weighted by Gasteiger charge is -2.14. The maximum atomic E-state index is 5.88. The van der Waals surface area contributed by atoms with Gasteiger partial charge >= 0.3 is 0 Å². The first-order valence-corrected chi connectivity index (χ1v) is 9.64. The molecular formula is C26H24O3. The molecule has 1 fully saturated rings. The monoisotopic (exact) mass is 384 g/mol. The predicted molar refractivity (Wildman–Crippen MR) is 117 cm³/mol. The van der Waals surface area contributed by atoms with E-state index in [1.54, 1.807) is 14.2 Å². The van der Waals surface area contributed by atoms with Gasteiger partial charge in [0.05, 0.1) is 27.4 Å². The van der Waals surface area contributed by atoms with Crippen LogP contribution in [0.5, 0.6) is 11.5 Å². The molecule has 3 aromatic carbocycles. The van der Waals surface area contributed by atoms with Gasteiger partial charge in [-0.3, -0.25) is 0 Å². The molecule has 3 nitrogen and oxygen atoms in total. The Balaban J connectivity index is 1.86. The van der Waals surface area contributed by atoms with Crippen molar-refractivity contribution < 1.29 is 14.2 Å². The van der Waals surface area contributed by atoms with Gasteiger partial charge in [-0.25, -0.2) is 0 Å². The quantitative estimate of drug-likeness (QED) is 0.571. The lowest BCUT2D eigenvalue weighted by atomic mass is 9.90. The minimum atomic E-state index is 0.589. The van der Waals surface area contributed by atoms with E-state index in [0.717, 1.165) is 22.6 Å². The van der Waals surface area contributed by atoms with E-state index in [9.17, 15) is 0 Å². The molecule has 1 aliphatic rings. The third kappa shape index (κ3) is 4.25. The van der Waals surface area contributed by atoms with E-state index in [0.29, 0.717) is 13.2 Å². The molecule has 146 valence electrons. The Morgan fingerprint density at radius 2 is 1.28 bits per heavy atom. The molecule has 0 amide bonds. The van der Waals surface area contributed by atoms with Crippen molar-refractivity contribution in [3.63, 3.8) is 0 Å². The fourth-order valence-corrected chi connectivity index (χ4v) is 3.59. The number of hydrogen-bond acceptors (Lipinski definition) is 3. The maximum absolute atomic E-state index is 5.88. The van der Waals surface area contributed by atoms with Crippen molar-refractivity contribution in [1.29, 1.82) is 0 Å². The number of rotatable bonds is 5. The summed E-state index contributed by atoms with van der Waals surface area (Å²) in [4.78, 5) is 0. The van der Waals surface area contributed by atoms with E-state index >= 15 is 0 Å². The Hall–Kier alpha value is -3.30. The molecule has 1 heterocycles. The number of hydrogen-bond donors (Lipinski definition) is 0. The van der Waals surface area contributed by atoms with Gasteiger partial charge in [0, 0.05) is 0 Å². The average molecular weight is 384 g/mol. The molecule has 4 rings (SSSR count). The molecule has 0 saturated carbocycles. The van der Waals surface area contributed by atoms with Crippen LogP contribution in [0.15, 0.2) is 90.0 Å². The second-order valence-electron chi connectivity index (χ2n) is 6.88. The highest BCUT2D eigenvalue weighted by Gasteiger charge is 2.21. The van der Waals surface area contributed by atoms with Crippen molar-refractivity contribution in [2.24, 2.45) is 0 Å². The zero-order chi connectivity index (χ0) is 20.1. The molecule has 0 atom stereocenters. The topological polar surface area (TPSA) is 27.7 Å². The minimum Gasteiger partial charge on any atom is -0.497 e. The molecule has 0 aromatic heterocycles. The third-order valence-electron chi connectivity index (χ3n) is 5.09. The van der Waals surface area contributed by atoms with Crippen LogP contribution >= 0.6 is 0 Å². The van der Waals surface area contributed by atoms with Crippen LogP contribution in [0.2, 0.25) is 0 Å². The summed E-state index contributed by atoms with van der Waals surface area (Å²) in [7, 11) is 3.37. The van der Waals surface area contributed by atoms with Crippen LogP contribution in [0.4, 0.5) is 0 Å². The van der Waals surface area contributed by atoms with Crippen molar-refractivity contribution in [3.8, 4) is 11.5 Å². The van der Waals surface area contributed by atoms with Gasteiger partial charge in [0.15, 0.2) is 0 Å². The third-order valence-corrected chi connectivity index (χ3v) is 5.09.